The minimum absolute atomic E-state index is 0.0808. The smallest absolute Gasteiger partial charge is 0.254 e. The van der Waals surface area contributed by atoms with Crippen LogP contribution >= 0.6 is 0 Å². The van der Waals surface area contributed by atoms with Crippen molar-refractivity contribution in [3.8, 4) is 0 Å². The second kappa shape index (κ2) is 6.82. The van der Waals surface area contributed by atoms with E-state index in [4.69, 9.17) is 5.14 Å². The molecule has 1 aromatic carbocycles. The summed E-state index contributed by atoms with van der Waals surface area (Å²) in [6.07, 6.45) is 0.0420. The fraction of sp³-hybridized carbons (Fsp3) is 0.412. The molecule has 3 N–H and O–H groups in total. The van der Waals surface area contributed by atoms with Gasteiger partial charge in [0.05, 0.1) is 28.9 Å². The second-order valence-corrected chi connectivity index (χ2v) is 8.12. The fourth-order valence-electron chi connectivity index (χ4n) is 3.04. The van der Waals surface area contributed by atoms with E-state index >= 15 is 0 Å². The fourth-order valence-corrected chi connectivity index (χ4v) is 3.58. The number of hydrogen-bond acceptors (Lipinski definition) is 5. The van der Waals surface area contributed by atoms with Gasteiger partial charge in [-0.2, -0.15) is 5.10 Å². The van der Waals surface area contributed by atoms with Gasteiger partial charge in [-0.15, -0.1) is 0 Å². The monoisotopic (exact) mass is 378 g/mol. The Balaban J connectivity index is 1.92. The average molecular weight is 378 g/mol. The van der Waals surface area contributed by atoms with Crippen molar-refractivity contribution in [1.29, 1.82) is 0 Å². The number of amides is 1. The van der Waals surface area contributed by atoms with Crippen LogP contribution in [0.1, 0.15) is 46.8 Å². The molecule has 1 amide bonds. The summed E-state index contributed by atoms with van der Waals surface area (Å²) >= 11 is 0. The molecule has 2 heterocycles. The zero-order chi connectivity index (χ0) is 19.1. The molecule has 0 saturated heterocycles. The summed E-state index contributed by atoms with van der Waals surface area (Å²) in [5, 5.41) is 19.3. The average Bonchev–Trinajstić information content (AvgIpc) is 2.86. The van der Waals surface area contributed by atoms with Gasteiger partial charge in [-0.3, -0.25) is 9.48 Å². The Morgan fingerprint density at radius 1 is 1.31 bits per heavy atom. The Bertz CT molecular complexity index is 950. The highest BCUT2D eigenvalue weighted by molar-refractivity contribution is 7.89. The number of aromatic nitrogens is 2. The first-order chi connectivity index (χ1) is 12.2. The molecule has 0 saturated carbocycles. The number of aliphatic hydroxyl groups excluding tert-OH is 1. The molecule has 0 bridgehead atoms. The summed E-state index contributed by atoms with van der Waals surface area (Å²) < 4.78 is 25.0. The van der Waals surface area contributed by atoms with Crippen molar-refractivity contribution in [2.45, 2.75) is 44.4 Å². The first-order valence-corrected chi connectivity index (χ1v) is 9.89. The van der Waals surface area contributed by atoms with Gasteiger partial charge in [0.25, 0.3) is 5.91 Å². The van der Waals surface area contributed by atoms with Crippen molar-refractivity contribution in [3.05, 3.63) is 46.8 Å². The highest BCUT2D eigenvalue weighted by atomic mass is 32.2. The van der Waals surface area contributed by atoms with Crippen LogP contribution in [0, 0.1) is 6.92 Å². The van der Waals surface area contributed by atoms with Crippen LogP contribution in [0.5, 0.6) is 0 Å². The number of aryl methyl sites for hydroxylation is 2. The molecule has 26 heavy (non-hydrogen) atoms. The van der Waals surface area contributed by atoms with Gasteiger partial charge in [-0.05, 0) is 44.0 Å². The summed E-state index contributed by atoms with van der Waals surface area (Å²) in [5.41, 5.74) is 2.42. The van der Waals surface area contributed by atoms with Crippen LogP contribution in [0.25, 0.3) is 0 Å². The number of hydrogen-bond donors (Lipinski definition) is 2. The lowest BCUT2D eigenvalue weighted by atomic mass is 10.1. The molecule has 2 aromatic rings. The van der Waals surface area contributed by atoms with E-state index in [0.29, 0.717) is 42.9 Å². The molecule has 1 atom stereocenters. The van der Waals surface area contributed by atoms with Gasteiger partial charge in [-0.1, -0.05) is 6.07 Å². The predicted molar refractivity (Wildman–Crippen MR) is 94.8 cm³/mol. The Morgan fingerprint density at radius 2 is 2.04 bits per heavy atom. The lowest BCUT2D eigenvalue weighted by molar-refractivity contribution is 0.0744. The first kappa shape index (κ1) is 18.6. The number of primary sulfonamides is 1. The molecule has 9 heteroatoms. The number of aliphatic hydroxyl groups is 1. The van der Waals surface area contributed by atoms with E-state index in [0.717, 1.165) is 5.69 Å². The maximum atomic E-state index is 13.0. The molecular formula is C17H22N4O4S. The second-order valence-electron chi connectivity index (χ2n) is 6.56. The van der Waals surface area contributed by atoms with Gasteiger partial charge in [-0.25, -0.2) is 13.6 Å². The summed E-state index contributed by atoms with van der Waals surface area (Å²) in [5.74, 6) is -0.249. The van der Waals surface area contributed by atoms with Gasteiger partial charge in [0.15, 0.2) is 0 Å². The molecule has 3 rings (SSSR count). The first-order valence-electron chi connectivity index (χ1n) is 8.34. The normalized spacial score (nSPS) is 16.1. The van der Waals surface area contributed by atoms with Crippen LogP contribution in [-0.2, 0) is 23.1 Å². The van der Waals surface area contributed by atoms with Crippen molar-refractivity contribution in [1.82, 2.24) is 14.7 Å². The summed E-state index contributed by atoms with van der Waals surface area (Å²) in [7, 11) is -3.88. The molecule has 0 fully saturated rings. The largest absolute Gasteiger partial charge is 0.387 e. The third-order valence-electron chi connectivity index (χ3n) is 4.52. The maximum absolute atomic E-state index is 13.0. The lowest BCUT2D eigenvalue weighted by Crippen LogP contribution is -2.31. The minimum atomic E-state index is -3.88. The van der Waals surface area contributed by atoms with Crippen molar-refractivity contribution < 1.29 is 18.3 Å². The van der Waals surface area contributed by atoms with Crippen LogP contribution in [0.15, 0.2) is 29.2 Å². The van der Waals surface area contributed by atoms with E-state index in [1.54, 1.807) is 30.9 Å². The van der Waals surface area contributed by atoms with E-state index in [9.17, 15) is 18.3 Å². The lowest BCUT2D eigenvalue weighted by Gasteiger charge is -2.21. The molecule has 0 spiro atoms. The number of carbonyl (C=O) groups excluding carboxylic acids is 1. The molecule has 1 aromatic heterocycles. The molecule has 0 unspecified atom stereocenters. The zero-order valence-electron chi connectivity index (χ0n) is 14.7. The molecule has 1 aliphatic heterocycles. The topological polar surface area (TPSA) is 119 Å². The highest BCUT2D eigenvalue weighted by Crippen LogP contribution is 2.21. The maximum Gasteiger partial charge on any atom is 0.254 e. The standard InChI is InChI=1S/C17H22N4O4S/c1-11-4-5-14(26(18,24)25)9-15(11)17(23)20-6-3-7-21-13(10-20)8-16(19-21)12(2)22/h4-5,8-9,12,22H,3,6-7,10H2,1-2H3,(H2,18,24,25)/t12-/m1/s1. The van der Waals surface area contributed by atoms with E-state index in [1.165, 1.54) is 12.1 Å². The van der Waals surface area contributed by atoms with Gasteiger partial charge < -0.3 is 10.0 Å². The quantitative estimate of drug-likeness (QED) is 0.824. The summed E-state index contributed by atoms with van der Waals surface area (Å²) in [4.78, 5) is 14.6. The predicted octanol–water partition coefficient (Wildman–Crippen LogP) is 0.938. The zero-order valence-corrected chi connectivity index (χ0v) is 15.5. The molecule has 8 nitrogen and oxygen atoms in total. The van der Waals surface area contributed by atoms with Crippen LogP contribution < -0.4 is 5.14 Å². The molecule has 1 aliphatic rings. The van der Waals surface area contributed by atoms with Crippen molar-refractivity contribution in [3.63, 3.8) is 0 Å². The third-order valence-corrected chi connectivity index (χ3v) is 5.43. The Labute approximate surface area is 152 Å². The van der Waals surface area contributed by atoms with Crippen LogP contribution in [0.2, 0.25) is 0 Å². The number of carbonyl (C=O) groups is 1. The van der Waals surface area contributed by atoms with Crippen molar-refractivity contribution in [2.75, 3.05) is 6.54 Å². The summed E-state index contributed by atoms with van der Waals surface area (Å²) in [6.45, 7) is 4.94. The van der Waals surface area contributed by atoms with Gasteiger partial charge in [0.1, 0.15) is 0 Å². The van der Waals surface area contributed by atoms with E-state index in [2.05, 4.69) is 5.10 Å². The Kier molecular flexibility index (Phi) is 4.87. The van der Waals surface area contributed by atoms with Gasteiger partial charge >= 0.3 is 0 Å². The third kappa shape index (κ3) is 3.64. The molecule has 140 valence electrons. The number of benzene rings is 1. The number of nitrogens with zero attached hydrogens (tertiary/aromatic N) is 3. The Morgan fingerprint density at radius 3 is 2.69 bits per heavy atom. The van der Waals surface area contributed by atoms with E-state index in [1.807, 2.05) is 4.68 Å². The van der Waals surface area contributed by atoms with Gasteiger partial charge in [0.2, 0.25) is 10.0 Å². The van der Waals surface area contributed by atoms with Crippen molar-refractivity contribution >= 4 is 15.9 Å². The van der Waals surface area contributed by atoms with E-state index < -0.39 is 16.1 Å². The van der Waals surface area contributed by atoms with Crippen LogP contribution in [-0.4, -0.2) is 40.7 Å². The highest BCUT2D eigenvalue weighted by Gasteiger charge is 2.24. The molecular weight excluding hydrogens is 356 g/mol. The van der Waals surface area contributed by atoms with Crippen LogP contribution in [0.3, 0.4) is 0 Å². The Hall–Kier alpha value is -2.23. The minimum Gasteiger partial charge on any atom is -0.387 e. The van der Waals surface area contributed by atoms with Crippen LogP contribution in [0.4, 0.5) is 0 Å². The van der Waals surface area contributed by atoms with E-state index in [-0.39, 0.29) is 10.8 Å². The molecule has 0 radical (unpaired) electrons. The SMILES string of the molecule is Cc1ccc(S(N)(=O)=O)cc1C(=O)N1CCCn2nc([C@@H](C)O)cc2C1. The van der Waals surface area contributed by atoms with Crippen molar-refractivity contribution in [2.24, 2.45) is 5.14 Å². The number of sulfonamides is 1. The number of rotatable bonds is 3. The van der Waals surface area contributed by atoms with Gasteiger partial charge in [0, 0.05) is 18.7 Å². The summed E-state index contributed by atoms with van der Waals surface area (Å²) in [6, 6.07) is 6.11. The molecule has 0 aliphatic carbocycles. The number of nitrogens with two attached hydrogens (primary N) is 1. The number of fused-ring (bicyclic) bond motifs is 1.